The number of nitrogens with zero attached hydrogens (tertiary/aromatic N) is 4. The molecular formula is C24H35N5O4. The predicted molar refractivity (Wildman–Crippen MR) is 126 cm³/mol. The van der Waals surface area contributed by atoms with Crippen LogP contribution in [0.4, 0.5) is 11.4 Å². The smallest absolute Gasteiger partial charge is 0.269 e. The van der Waals surface area contributed by atoms with Crippen LogP contribution in [-0.2, 0) is 9.59 Å². The molecule has 1 aromatic rings. The summed E-state index contributed by atoms with van der Waals surface area (Å²) in [4.78, 5) is 39.8. The quantitative estimate of drug-likeness (QED) is 0.551. The third kappa shape index (κ3) is 5.82. The van der Waals surface area contributed by atoms with Crippen molar-refractivity contribution in [1.82, 2.24) is 15.1 Å². The second kappa shape index (κ2) is 11.0. The van der Waals surface area contributed by atoms with E-state index >= 15 is 0 Å². The number of hydrogen-bond donors (Lipinski definition) is 1. The van der Waals surface area contributed by atoms with E-state index < -0.39 is 0 Å². The number of piperidine rings is 2. The van der Waals surface area contributed by atoms with Crippen LogP contribution in [-0.4, -0.2) is 77.9 Å². The van der Waals surface area contributed by atoms with Crippen molar-refractivity contribution < 1.29 is 14.5 Å². The van der Waals surface area contributed by atoms with Crippen LogP contribution in [0.3, 0.4) is 0 Å². The van der Waals surface area contributed by atoms with E-state index in [0.29, 0.717) is 30.3 Å². The topological polar surface area (TPSA) is 99.0 Å². The van der Waals surface area contributed by atoms with Crippen LogP contribution in [0.5, 0.6) is 0 Å². The van der Waals surface area contributed by atoms with Gasteiger partial charge in [0.25, 0.3) is 5.69 Å². The molecule has 0 atom stereocenters. The van der Waals surface area contributed by atoms with Crippen molar-refractivity contribution in [1.29, 1.82) is 0 Å². The number of hydrogen-bond acceptors (Lipinski definition) is 6. The van der Waals surface area contributed by atoms with Gasteiger partial charge in [0.05, 0.1) is 4.92 Å². The Morgan fingerprint density at radius 3 is 1.76 bits per heavy atom. The first-order valence-corrected chi connectivity index (χ1v) is 12.3. The highest BCUT2D eigenvalue weighted by atomic mass is 16.6. The minimum Gasteiger partial charge on any atom is -0.371 e. The highest BCUT2D eigenvalue weighted by Crippen LogP contribution is 2.26. The summed E-state index contributed by atoms with van der Waals surface area (Å²) in [6.45, 7) is 5.85. The first-order valence-electron chi connectivity index (χ1n) is 12.3. The Hall–Kier alpha value is -2.68. The molecule has 2 amide bonds. The van der Waals surface area contributed by atoms with Gasteiger partial charge in [0.2, 0.25) is 11.8 Å². The molecule has 4 aliphatic rings. The maximum atomic E-state index is 11.8. The molecule has 0 aliphatic carbocycles. The number of nitro groups is 1. The zero-order valence-corrected chi connectivity index (χ0v) is 19.3. The number of anilines is 1. The normalized spacial score (nSPS) is 22.5. The molecule has 0 saturated carbocycles. The van der Waals surface area contributed by atoms with E-state index in [1.54, 1.807) is 24.3 Å². The number of amides is 2. The van der Waals surface area contributed by atoms with E-state index in [9.17, 15) is 19.7 Å². The monoisotopic (exact) mass is 457 g/mol. The van der Waals surface area contributed by atoms with Gasteiger partial charge in [-0.2, -0.15) is 0 Å². The third-order valence-corrected chi connectivity index (χ3v) is 7.30. The molecule has 0 bridgehead atoms. The molecule has 4 saturated heterocycles. The van der Waals surface area contributed by atoms with Crippen molar-refractivity contribution in [3.63, 3.8) is 0 Å². The van der Waals surface area contributed by atoms with Crippen LogP contribution >= 0.6 is 0 Å². The first kappa shape index (κ1) is 23.5. The van der Waals surface area contributed by atoms with E-state index in [1.165, 1.54) is 0 Å². The van der Waals surface area contributed by atoms with E-state index in [4.69, 9.17) is 0 Å². The van der Waals surface area contributed by atoms with Gasteiger partial charge in [-0.05, 0) is 63.7 Å². The van der Waals surface area contributed by atoms with E-state index in [2.05, 4.69) is 15.1 Å². The van der Waals surface area contributed by atoms with Gasteiger partial charge in [-0.25, -0.2) is 0 Å². The molecule has 1 N–H and O–H groups in total. The molecule has 33 heavy (non-hydrogen) atoms. The number of benzene rings is 1. The Morgan fingerprint density at radius 1 is 0.788 bits per heavy atom. The van der Waals surface area contributed by atoms with E-state index in [0.717, 1.165) is 89.9 Å². The lowest BCUT2D eigenvalue weighted by Crippen LogP contribution is -2.45. The fourth-order valence-corrected chi connectivity index (χ4v) is 5.45. The van der Waals surface area contributed by atoms with Crippen molar-refractivity contribution in [2.24, 2.45) is 0 Å². The van der Waals surface area contributed by atoms with Gasteiger partial charge in [-0.1, -0.05) is 0 Å². The van der Waals surface area contributed by atoms with Crippen LogP contribution in [0.15, 0.2) is 24.3 Å². The summed E-state index contributed by atoms with van der Waals surface area (Å²) in [5, 5.41) is 14.0. The lowest BCUT2D eigenvalue weighted by molar-refractivity contribution is -0.384. The zero-order valence-electron chi connectivity index (χ0n) is 19.3. The van der Waals surface area contributed by atoms with Crippen molar-refractivity contribution in [2.45, 2.75) is 63.5 Å². The average molecular weight is 458 g/mol. The Balaban J connectivity index is 0.000000183. The molecule has 0 radical (unpaired) electrons. The molecule has 0 spiro atoms. The van der Waals surface area contributed by atoms with Crippen LogP contribution in [0.1, 0.15) is 51.4 Å². The lowest BCUT2D eigenvalue weighted by atomic mass is 10.0. The summed E-state index contributed by atoms with van der Waals surface area (Å²) < 4.78 is 0. The van der Waals surface area contributed by atoms with Crippen molar-refractivity contribution in [3.05, 3.63) is 34.4 Å². The van der Waals surface area contributed by atoms with Gasteiger partial charge < -0.3 is 20.0 Å². The third-order valence-electron chi connectivity index (χ3n) is 7.30. The summed E-state index contributed by atoms with van der Waals surface area (Å²) in [6.07, 6.45) is 7.78. The van der Waals surface area contributed by atoms with Gasteiger partial charge in [0.15, 0.2) is 0 Å². The van der Waals surface area contributed by atoms with Gasteiger partial charge in [-0.15, -0.1) is 0 Å². The molecule has 9 nitrogen and oxygen atoms in total. The first-order chi connectivity index (χ1) is 16.0. The van der Waals surface area contributed by atoms with Crippen LogP contribution in [0.25, 0.3) is 0 Å². The highest BCUT2D eigenvalue weighted by molar-refractivity contribution is 5.78. The lowest BCUT2D eigenvalue weighted by Gasteiger charge is -2.37. The molecule has 9 heteroatoms. The molecule has 5 rings (SSSR count). The summed E-state index contributed by atoms with van der Waals surface area (Å²) in [5.41, 5.74) is 1.14. The number of likely N-dealkylation sites (tertiary alicyclic amines) is 2. The second-order valence-electron chi connectivity index (χ2n) is 9.35. The zero-order chi connectivity index (χ0) is 23.2. The Kier molecular flexibility index (Phi) is 7.80. The number of carbonyl (C=O) groups excluding carboxylic acids is 2. The fourth-order valence-electron chi connectivity index (χ4n) is 5.45. The Bertz CT molecular complexity index is 832. The highest BCUT2D eigenvalue weighted by Gasteiger charge is 2.31. The average Bonchev–Trinajstić information content (AvgIpc) is 3.48. The summed E-state index contributed by atoms with van der Waals surface area (Å²) in [6, 6.07) is 7.62. The Morgan fingerprint density at radius 2 is 1.30 bits per heavy atom. The number of rotatable bonds is 4. The minimum atomic E-state index is -0.380. The van der Waals surface area contributed by atoms with Gasteiger partial charge in [0.1, 0.15) is 0 Å². The summed E-state index contributed by atoms with van der Waals surface area (Å²) in [5.74, 6) is 0.672. The maximum Gasteiger partial charge on any atom is 0.269 e. The van der Waals surface area contributed by atoms with E-state index in [1.807, 2.05) is 4.90 Å². The standard InChI is InChI=1S/C15H19N3O3.C9H16N2O/c19-15-2-1-9-17(15)13-7-10-16(11-8-13)12-3-5-14(6-4-12)18(20)21;12-9-2-1-7-11(9)8-3-5-10-6-4-8/h3-6,13H,1-2,7-11H2;8,10H,1-7H2. The van der Waals surface area contributed by atoms with Gasteiger partial charge in [0, 0.05) is 68.9 Å². The van der Waals surface area contributed by atoms with Crippen molar-refractivity contribution in [3.8, 4) is 0 Å². The number of carbonyl (C=O) groups is 2. The number of nitro benzene ring substituents is 1. The molecule has 0 aromatic heterocycles. The van der Waals surface area contributed by atoms with Crippen LogP contribution in [0.2, 0.25) is 0 Å². The van der Waals surface area contributed by atoms with Gasteiger partial charge >= 0.3 is 0 Å². The maximum absolute atomic E-state index is 11.8. The molecule has 4 fully saturated rings. The Labute approximate surface area is 195 Å². The fraction of sp³-hybridized carbons (Fsp3) is 0.667. The van der Waals surface area contributed by atoms with Crippen molar-refractivity contribution in [2.75, 3.05) is 44.2 Å². The van der Waals surface area contributed by atoms with Crippen LogP contribution in [0, 0.1) is 10.1 Å². The summed E-state index contributed by atoms with van der Waals surface area (Å²) in [7, 11) is 0. The largest absolute Gasteiger partial charge is 0.371 e. The molecule has 4 heterocycles. The number of non-ortho nitro benzene ring substituents is 1. The molecular weight excluding hydrogens is 422 g/mol. The molecule has 180 valence electrons. The molecule has 1 aromatic carbocycles. The SMILES string of the molecule is O=C1CCCN1C1CCN(c2ccc([N+](=O)[O-])cc2)CC1.O=C1CCCN1C1CCNCC1. The molecule has 4 aliphatic heterocycles. The second-order valence-corrected chi connectivity index (χ2v) is 9.35. The van der Waals surface area contributed by atoms with E-state index in [-0.39, 0.29) is 10.6 Å². The minimum absolute atomic E-state index is 0.122. The predicted octanol–water partition coefficient (Wildman–Crippen LogP) is 2.55. The van der Waals surface area contributed by atoms with Gasteiger partial charge in [-0.3, -0.25) is 19.7 Å². The van der Waals surface area contributed by atoms with Crippen molar-refractivity contribution >= 4 is 23.2 Å². The summed E-state index contributed by atoms with van der Waals surface area (Å²) >= 11 is 0. The van der Waals surface area contributed by atoms with Crippen LogP contribution < -0.4 is 10.2 Å². The molecule has 0 unspecified atom stereocenters. The number of nitrogens with one attached hydrogen (secondary N) is 1.